The fraction of sp³-hybridized carbons (Fsp3) is 0.636. The third-order valence-electron chi connectivity index (χ3n) is 4.35. The minimum atomic E-state index is -0.0178. The van der Waals surface area contributed by atoms with Crippen LogP contribution in [0.1, 0.15) is 92.3 Å². The van der Waals surface area contributed by atoms with Gasteiger partial charge in [0.1, 0.15) is 4.75 Å². The number of ketones is 1. The fourth-order valence-corrected chi connectivity index (χ4v) is 4.54. The summed E-state index contributed by atoms with van der Waals surface area (Å²) in [6.45, 7) is 22.0. The van der Waals surface area contributed by atoms with Gasteiger partial charge in [0.2, 0.25) is 0 Å². The summed E-state index contributed by atoms with van der Waals surface area (Å²) < 4.78 is 0.419. The summed E-state index contributed by atoms with van der Waals surface area (Å²) in [6.07, 6.45) is 0.446. The molecule has 0 fully saturated rings. The molecule has 25 heavy (non-hydrogen) atoms. The van der Waals surface area contributed by atoms with Gasteiger partial charge in [-0.15, -0.1) is 0 Å². The first-order valence-electron chi connectivity index (χ1n) is 9.06. The first-order chi connectivity index (χ1) is 11.1. The van der Waals surface area contributed by atoms with Gasteiger partial charge in [-0.2, -0.15) is 0 Å². The summed E-state index contributed by atoms with van der Waals surface area (Å²) in [5.74, 6) is 0.0305. The monoisotopic (exact) mass is 380 g/mol. The van der Waals surface area contributed by atoms with Crippen molar-refractivity contribution in [1.82, 2.24) is 0 Å². The molecule has 3 heteroatoms. The maximum absolute atomic E-state index is 12.1. The van der Waals surface area contributed by atoms with Crippen LogP contribution in [-0.2, 0) is 21.0 Å². The average Bonchev–Trinajstić information content (AvgIpc) is 2.42. The third-order valence-corrected chi connectivity index (χ3v) is 5.97. The summed E-state index contributed by atoms with van der Waals surface area (Å²) in [4.78, 5) is 12.1. The Bertz CT molecular complexity index is 644. The molecule has 1 nitrogen and oxygen atoms in total. The van der Waals surface area contributed by atoms with Gasteiger partial charge in [0.15, 0.2) is 5.78 Å². The van der Waals surface area contributed by atoms with Crippen molar-refractivity contribution >= 4 is 35.6 Å². The van der Waals surface area contributed by atoms with E-state index in [2.05, 4.69) is 74.4 Å². The molecule has 1 aromatic carbocycles. The van der Waals surface area contributed by atoms with E-state index in [1.807, 2.05) is 6.92 Å². The number of halogens is 1. The topological polar surface area (TPSA) is 17.1 Å². The highest BCUT2D eigenvalue weighted by Crippen LogP contribution is 2.35. The standard InChI is InChI=1S/C22H34ClOP/c1-11-17(24)19(23)25-18-15(21(5,6)7)12-14(20(2,3)4)13-16(18)22(8,9)10/h12-13H,11H2,1-10H3. The second kappa shape index (κ2) is 7.53. The van der Waals surface area contributed by atoms with Gasteiger partial charge in [-0.1, -0.05) is 93.0 Å². The molecular formula is C22H34ClOP. The molecule has 0 aliphatic carbocycles. The van der Waals surface area contributed by atoms with Crippen molar-refractivity contribution in [2.75, 3.05) is 0 Å². The number of rotatable bonds is 3. The van der Waals surface area contributed by atoms with Crippen molar-refractivity contribution in [3.05, 3.63) is 28.8 Å². The zero-order valence-corrected chi connectivity index (χ0v) is 19.2. The lowest BCUT2D eigenvalue weighted by molar-refractivity contribution is -0.112. The smallest absolute Gasteiger partial charge is 0.178 e. The molecular weight excluding hydrogens is 347 g/mol. The summed E-state index contributed by atoms with van der Waals surface area (Å²) in [7, 11) is 0.829. The Hall–Kier alpha value is -0.650. The van der Waals surface area contributed by atoms with Crippen LogP contribution in [0.4, 0.5) is 0 Å². The quantitative estimate of drug-likeness (QED) is 0.547. The van der Waals surface area contributed by atoms with Crippen LogP contribution >= 0.6 is 19.8 Å². The Kier molecular flexibility index (Phi) is 6.75. The number of hydrogen-bond acceptors (Lipinski definition) is 1. The molecule has 0 N–H and O–H groups in total. The van der Waals surface area contributed by atoms with E-state index in [1.165, 1.54) is 22.0 Å². The lowest BCUT2D eigenvalue weighted by Crippen LogP contribution is -2.30. The van der Waals surface area contributed by atoms with E-state index in [0.717, 1.165) is 8.20 Å². The Balaban J connectivity index is 3.93. The van der Waals surface area contributed by atoms with Crippen molar-refractivity contribution in [2.24, 2.45) is 0 Å². The van der Waals surface area contributed by atoms with Gasteiger partial charge in [0, 0.05) is 11.7 Å². The molecule has 0 saturated heterocycles. The van der Waals surface area contributed by atoms with E-state index >= 15 is 0 Å². The minimum Gasteiger partial charge on any atom is -0.293 e. The van der Waals surface area contributed by atoms with Gasteiger partial charge in [0.25, 0.3) is 0 Å². The van der Waals surface area contributed by atoms with E-state index in [4.69, 9.17) is 11.6 Å². The van der Waals surface area contributed by atoms with E-state index in [1.54, 1.807) is 0 Å². The molecule has 0 bridgehead atoms. The lowest BCUT2D eigenvalue weighted by Gasteiger charge is -2.32. The summed E-state index contributed by atoms with van der Waals surface area (Å²) in [5, 5.41) is 1.19. The third kappa shape index (κ3) is 5.66. The van der Waals surface area contributed by atoms with Crippen LogP contribution in [0.3, 0.4) is 0 Å². The molecule has 140 valence electrons. The van der Waals surface area contributed by atoms with E-state index in [-0.39, 0.29) is 22.0 Å². The van der Waals surface area contributed by atoms with Crippen LogP contribution in [-0.4, -0.2) is 10.5 Å². The van der Waals surface area contributed by atoms with Crippen LogP contribution in [0.15, 0.2) is 12.1 Å². The first-order valence-corrected chi connectivity index (χ1v) is 10.3. The SMILES string of the molecule is CCC(=O)C(Cl)=Pc1c(C(C)(C)C)cc(C(C)(C)C)cc1C(C)(C)C. The zero-order chi connectivity index (χ0) is 19.8. The Morgan fingerprint density at radius 1 is 0.880 bits per heavy atom. The number of hydrogen-bond donors (Lipinski definition) is 0. The van der Waals surface area contributed by atoms with Gasteiger partial charge in [-0.3, -0.25) is 4.79 Å². The molecule has 1 rings (SSSR count). The maximum Gasteiger partial charge on any atom is 0.178 e. The van der Waals surface area contributed by atoms with Gasteiger partial charge < -0.3 is 0 Å². The molecule has 0 atom stereocenters. The normalized spacial score (nSPS) is 14.0. The van der Waals surface area contributed by atoms with E-state index in [0.29, 0.717) is 11.2 Å². The highest BCUT2D eigenvalue weighted by Gasteiger charge is 2.29. The molecule has 0 spiro atoms. The number of carbonyl (C=O) groups is 1. The number of benzene rings is 1. The Morgan fingerprint density at radius 3 is 1.56 bits per heavy atom. The van der Waals surface area contributed by atoms with Crippen LogP contribution in [0.2, 0.25) is 0 Å². The number of carbonyl (C=O) groups excluding carboxylic acids is 1. The predicted molar refractivity (Wildman–Crippen MR) is 115 cm³/mol. The molecule has 0 amide bonds. The second-order valence-corrected chi connectivity index (χ2v) is 11.6. The highest BCUT2D eigenvalue weighted by atomic mass is 35.5. The largest absolute Gasteiger partial charge is 0.293 e. The summed E-state index contributed by atoms with van der Waals surface area (Å²) in [5.41, 5.74) is 3.94. The Labute approximate surface area is 161 Å². The van der Waals surface area contributed by atoms with E-state index in [9.17, 15) is 4.79 Å². The molecule has 0 radical (unpaired) electrons. The lowest BCUT2D eigenvalue weighted by atomic mass is 9.75. The second-order valence-electron chi connectivity index (χ2n) is 9.85. The summed E-state index contributed by atoms with van der Waals surface area (Å²) >= 11 is 6.39. The van der Waals surface area contributed by atoms with Crippen molar-refractivity contribution in [1.29, 1.82) is 0 Å². The molecule has 0 saturated carbocycles. The maximum atomic E-state index is 12.1. The first kappa shape index (κ1) is 22.4. The van der Waals surface area contributed by atoms with Crippen LogP contribution < -0.4 is 5.30 Å². The fourth-order valence-electron chi connectivity index (χ4n) is 2.64. The van der Waals surface area contributed by atoms with E-state index < -0.39 is 0 Å². The Morgan fingerprint density at radius 2 is 1.28 bits per heavy atom. The van der Waals surface area contributed by atoms with Crippen molar-refractivity contribution in [2.45, 2.75) is 91.9 Å². The molecule has 0 heterocycles. The van der Waals surface area contributed by atoms with Gasteiger partial charge in [0.05, 0.1) is 0 Å². The van der Waals surface area contributed by atoms with Gasteiger partial charge in [-0.05, 0) is 41.1 Å². The summed E-state index contributed by atoms with van der Waals surface area (Å²) in [6, 6.07) is 4.64. The van der Waals surface area contributed by atoms with Crippen molar-refractivity contribution < 1.29 is 4.79 Å². The van der Waals surface area contributed by atoms with Gasteiger partial charge >= 0.3 is 0 Å². The molecule has 0 aliphatic heterocycles. The van der Waals surface area contributed by atoms with Crippen LogP contribution in [0, 0.1) is 0 Å². The highest BCUT2D eigenvalue weighted by molar-refractivity contribution is 7.56. The molecule has 0 aromatic heterocycles. The predicted octanol–water partition coefficient (Wildman–Crippen LogP) is 6.50. The molecule has 1 aromatic rings. The van der Waals surface area contributed by atoms with Crippen LogP contribution in [0.5, 0.6) is 0 Å². The average molecular weight is 381 g/mol. The van der Waals surface area contributed by atoms with Crippen molar-refractivity contribution in [3.63, 3.8) is 0 Å². The minimum absolute atomic E-state index is 0.0178. The zero-order valence-electron chi connectivity index (χ0n) is 17.6. The number of Topliss-reactive ketones (excluding diaryl/α,β-unsaturated/α-hetero) is 1. The van der Waals surface area contributed by atoms with Crippen molar-refractivity contribution in [3.8, 4) is 0 Å². The van der Waals surface area contributed by atoms with Crippen LogP contribution in [0.25, 0.3) is 0 Å². The molecule has 0 aliphatic rings. The van der Waals surface area contributed by atoms with Gasteiger partial charge in [-0.25, -0.2) is 0 Å². The molecule has 0 unspecified atom stereocenters.